The van der Waals surface area contributed by atoms with Crippen molar-refractivity contribution in [3.8, 4) is 22.6 Å². The summed E-state index contributed by atoms with van der Waals surface area (Å²) in [4.78, 5) is 27.5. The standard InChI is InChI=1S/C23H22FN5O/c1-28-9-11-29(12-10-28)16-7-5-15(6-8-16)21-14-25-22(26-21)18-13-17-19(24)3-2-4-20(17)27-23(18)30/h2-8,13-14H,9-12H2,1H3,(H,25,26)(H,27,30). The van der Waals surface area contributed by atoms with Crippen LogP contribution in [0.25, 0.3) is 33.5 Å². The minimum Gasteiger partial charge on any atom is -0.369 e. The van der Waals surface area contributed by atoms with Gasteiger partial charge in [0.1, 0.15) is 11.6 Å². The molecule has 1 saturated heterocycles. The predicted octanol–water partition coefficient (Wildman–Crippen LogP) is 3.48. The second kappa shape index (κ2) is 7.42. The number of halogens is 1. The number of hydrogen-bond donors (Lipinski definition) is 2. The number of aromatic nitrogens is 3. The van der Waals surface area contributed by atoms with E-state index in [0.717, 1.165) is 37.4 Å². The molecule has 6 nitrogen and oxygen atoms in total. The van der Waals surface area contributed by atoms with Crippen LogP contribution in [0.2, 0.25) is 0 Å². The van der Waals surface area contributed by atoms with E-state index in [4.69, 9.17) is 0 Å². The second-order valence-electron chi connectivity index (χ2n) is 7.70. The Hall–Kier alpha value is -3.45. The zero-order chi connectivity index (χ0) is 20.7. The Morgan fingerprint density at radius 3 is 2.53 bits per heavy atom. The van der Waals surface area contributed by atoms with Gasteiger partial charge < -0.3 is 19.8 Å². The van der Waals surface area contributed by atoms with E-state index in [2.05, 4.69) is 56.1 Å². The Balaban J connectivity index is 1.43. The number of aromatic amines is 2. The van der Waals surface area contributed by atoms with Crippen LogP contribution in [-0.4, -0.2) is 53.1 Å². The first kappa shape index (κ1) is 18.6. The van der Waals surface area contributed by atoms with E-state index in [1.54, 1.807) is 24.4 Å². The average Bonchev–Trinajstić information content (AvgIpc) is 3.24. The number of piperazine rings is 1. The summed E-state index contributed by atoms with van der Waals surface area (Å²) >= 11 is 0. The van der Waals surface area contributed by atoms with Crippen LogP contribution in [0.1, 0.15) is 0 Å². The van der Waals surface area contributed by atoms with Gasteiger partial charge in [0, 0.05) is 37.3 Å². The van der Waals surface area contributed by atoms with E-state index < -0.39 is 0 Å². The van der Waals surface area contributed by atoms with Gasteiger partial charge in [0.15, 0.2) is 0 Å². The van der Waals surface area contributed by atoms with E-state index >= 15 is 0 Å². The van der Waals surface area contributed by atoms with E-state index in [0.29, 0.717) is 22.3 Å². The molecule has 0 spiro atoms. The van der Waals surface area contributed by atoms with Gasteiger partial charge in [0.2, 0.25) is 0 Å². The lowest BCUT2D eigenvalue weighted by molar-refractivity contribution is 0.313. The lowest BCUT2D eigenvalue weighted by Gasteiger charge is -2.34. The van der Waals surface area contributed by atoms with Gasteiger partial charge in [-0.3, -0.25) is 4.79 Å². The first-order valence-corrected chi connectivity index (χ1v) is 9.99. The summed E-state index contributed by atoms with van der Waals surface area (Å²) in [5.74, 6) is 0.0378. The number of rotatable bonds is 3. The van der Waals surface area contributed by atoms with Gasteiger partial charge in [-0.2, -0.15) is 0 Å². The highest BCUT2D eigenvalue weighted by atomic mass is 19.1. The van der Waals surface area contributed by atoms with Crippen molar-refractivity contribution in [1.82, 2.24) is 19.9 Å². The van der Waals surface area contributed by atoms with Gasteiger partial charge in [-0.25, -0.2) is 9.37 Å². The molecule has 0 aliphatic carbocycles. The molecule has 1 aliphatic rings. The van der Waals surface area contributed by atoms with E-state index in [-0.39, 0.29) is 11.4 Å². The molecule has 0 unspecified atom stereocenters. The first-order chi connectivity index (χ1) is 14.6. The molecule has 1 fully saturated rings. The van der Waals surface area contributed by atoms with Crippen molar-refractivity contribution in [2.24, 2.45) is 0 Å². The maximum absolute atomic E-state index is 14.1. The van der Waals surface area contributed by atoms with Crippen LogP contribution in [0.5, 0.6) is 0 Å². The number of likely N-dealkylation sites (N-methyl/N-ethyl adjacent to an activating group) is 1. The van der Waals surface area contributed by atoms with Gasteiger partial charge in [0.25, 0.3) is 5.56 Å². The summed E-state index contributed by atoms with van der Waals surface area (Å²) < 4.78 is 14.1. The highest BCUT2D eigenvalue weighted by Crippen LogP contribution is 2.25. The van der Waals surface area contributed by atoms with Crippen LogP contribution in [0, 0.1) is 5.82 Å². The molecule has 2 N–H and O–H groups in total. The SMILES string of the molecule is CN1CCN(c2ccc(-c3cnc(-c4cc5c(F)cccc5[nH]c4=O)[nH]3)cc2)CC1. The van der Waals surface area contributed by atoms with Crippen LogP contribution in [-0.2, 0) is 0 Å². The number of nitrogens with one attached hydrogen (secondary N) is 2. The molecule has 0 bridgehead atoms. The van der Waals surface area contributed by atoms with Crippen LogP contribution in [0.4, 0.5) is 10.1 Å². The van der Waals surface area contributed by atoms with E-state index in [9.17, 15) is 9.18 Å². The number of pyridine rings is 1. The molecule has 152 valence electrons. The van der Waals surface area contributed by atoms with E-state index in [1.165, 1.54) is 11.8 Å². The fourth-order valence-corrected chi connectivity index (χ4v) is 3.89. The van der Waals surface area contributed by atoms with Gasteiger partial charge in [-0.15, -0.1) is 0 Å². The van der Waals surface area contributed by atoms with E-state index in [1.807, 2.05) is 0 Å². The quantitative estimate of drug-likeness (QED) is 0.550. The zero-order valence-electron chi connectivity index (χ0n) is 16.7. The molecule has 0 saturated carbocycles. The fraction of sp³-hybridized carbons (Fsp3) is 0.217. The van der Waals surface area contributed by atoms with Crippen molar-refractivity contribution in [2.75, 3.05) is 38.1 Å². The molecule has 3 heterocycles. The predicted molar refractivity (Wildman–Crippen MR) is 117 cm³/mol. The summed E-state index contributed by atoms with van der Waals surface area (Å²) in [6.45, 7) is 4.16. The Kier molecular flexibility index (Phi) is 4.59. The molecule has 7 heteroatoms. The van der Waals surface area contributed by atoms with Gasteiger partial charge in [0.05, 0.1) is 23.0 Å². The molecule has 2 aromatic carbocycles. The van der Waals surface area contributed by atoms with Crippen molar-refractivity contribution < 1.29 is 4.39 Å². The van der Waals surface area contributed by atoms with Crippen LogP contribution < -0.4 is 10.5 Å². The maximum Gasteiger partial charge on any atom is 0.259 e. The zero-order valence-corrected chi connectivity index (χ0v) is 16.7. The number of anilines is 1. The molecule has 30 heavy (non-hydrogen) atoms. The van der Waals surface area contributed by atoms with Crippen molar-refractivity contribution in [1.29, 1.82) is 0 Å². The third-order valence-corrected chi connectivity index (χ3v) is 5.71. The molecule has 4 aromatic rings. The molecule has 0 atom stereocenters. The number of hydrogen-bond acceptors (Lipinski definition) is 4. The third-order valence-electron chi connectivity index (χ3n) is 5.71. The summed E-state index contributed by atoms with van der Waals surface area (Å²) in [7, 11) is 2.14. The Morgan fingerprint density at radius 2 is 1.77 bits per heavy atom. The van der Waals surface area contributed by atoms with Crippen LogP contribution in [0.15, 0.2) is 59.5 Å². The Bertz CT molecular complexity index is 1250. The summed E-state index contributed by atoms with van der Waals surface area (Å²) in [6, 6.07) is 14.5. The molecule has 0 radical (unpaired) electrons. The lowest BCUT2D eigenvalue weighted by atomic mass is 10.1. The van der Waals surface area contributed by atoms with Crippen LogP contribution >= 0.6 is 0 Å². The number of fused-ring (bicyclic) bond motifs is 1. The summed E-state index contributed by atoms with van der Waals surface area (Å²) in [5, 5.41) is 0.363. The molecule has 5 rings (SSSR count). The summed E-state index contributed by atoms with van der Waals surface area (Å²) in [6.07, 6.45) is 1.70. The Morgan fingerprint density at radius 1 is 1.00 bits per heavy atom. The number of H-pyrrole nitrogens is 2. The molecule has 2 aromatic heterocycles. The highest BCUT2D eigenvalue weighted by Gasteiger charge is 2.15. The Labute approximate surface area is 173 Å². The largest absolute Gasteiger partial charge is 0.369 e. The van der Waals surface area contributed by atoms with Crippen LogP contribution in [0.3, 0.4) is 0 Å². The summed E-state index contributed by atoms with van der Waals surface area (Å²) in [5.41, 5.74) is 3.47. The van der Waals surface area contributed by atoms with Crippen molar-refractivity contribution in [3.05, 3.63) is 70.9 Å². The minimum atomic E-state index is -0.378. The third kappa shape index (κ3) is 3.37. The normalized spacial score (nSPS) is 15.1. The highest BCUT2D eigenvalue weighted by molar-refractivity contribution is 5.83. The maximum atomic E-state index is 14.1. The molecular formula is C23H22FN5O. The number of nitrogens with zero attached hydrogens (tertiary/aromatic N) is 3. The number of benzene rings is 2. The average molecular weight is 403 g/mol. The minimum absolute atomic E-state index is 0.306. The van der Waals surface area contributed by atoms with Crippen molar-refractivity contribution in [2.45, 2.75) is 0 Å². The smallest absolute Gasteiger partial charge is 0.259 e. The van der Waals surface area contributed by atoms with Crippen molar-refractivity contribution in [3.63, 3.8) is 0 Å². The lowest BCUT2D eigenvalue weighted by Crippen LogP contribution is -2.44. The van der Waals surface area contributed by atoms with Gasteiger partial charge in [-0.05, 0) is 42.9 Å². The fourth-order valence-electron chi connectivity index (χ4n) is 3.89. The second-order valence-corrected chi connectivity index (χ2v) is 7.70. The first-order valence-electron chi connectivity index (χ1n) is 9.99. The van der Waals surface area contributed by atoms with Crippen molar-refractivity contribution >= 4 is 16.6 Å². The molecular weight excluding hydrogens is 381 g/mol. The van der Waals surface area contributed by atoms with Gasteiger partial charge in [-0.1, -0.05) is 18.2 Å². The molecule has 1 aliphatic heterocycles. The van der Waals surface area contributed by atoms with Gasteiger partial charge >= 0.3 is 0 Å². The monoisotopic (exact) mass is 403 g/mol. The molecule has 0 amide bonds. The topological polar surface area (TPSA) is 68.0 Å². The number of imidazole rings is 1.